The van der Waals surface area contributed by atoms with Gasteiger partial charge >= 0.3 is 0 Å². The smallest absolute Gasteiger partial charge is 0.239 e. The molecule has 1 N–H and O–H groups in total. The fraction of sp³-hybridized carbons (Fsp3) is 0.923. The molecular weight excluding hydrogens is 216 g/mol. The summed E-state index contributed by atoms with van der Waals surface area (Å²) in [4.78, 5) is 14.3. The summed E-state index contributed by atoms with van der Waals surface area (Å²) >= 11 is 0. The van der Waals surface area contributed by atoms with Crippen molar-refractivity contribution >= 4 is 5.91 Å². The standard InChI is InChI=1S/C13H24N2O2/c1-11(14-12-6-9-17-10-12)13(16)15-7-4-2-3-5-8-15/h11-12,14H,2-10H2,1H3. The summed E-state index contributed by atoms with van der Waals surface area (Å²) in [7, 11) is 0. The van der Waals surface area contributed by atoms with E-state index in [0.29, 0.717) is 6.04 Å². The SMILES string of the molecule is CC(NC1CCOC1)C(=O)N1CCCCCC1. The highest BCUT2D eigenvalue weighted by molar-refractivity contribution is 5.81. The van der Waals surface area contributed by atoms with Gasteiger partial charge in [0.2, 0.25) is 5.91 Å². The van der Waals surface area contributed by atoms with E-state index >= 15 is 0 Å². The zero-order valence-electron chi connectivity index (χ0n) is 10.8. The van der Waals surface area contributed by atoms with Gasteiger partial charge in [0.25, 0.3) is 0 Å². The molecule has 2 saturated heterocycles. The van der Waals surface area contributed by atoms with Gasteiger partial charge in [-0.05, 0) is 26.2 Å². The zero-order chi connectivity index (χ0) is 12.1. The van der Waals surface area contributed by atoms with Crippen LogP contribution in [-0.4, -0.2) is 49.2 Å². The van der Waals surface area contributed by atoms with E-state index in [-0.39, 0.29) is 11.9 Å². The Morgan fingerprint density at radius 2 is 2.00 bits per heavy atom. The van der Waals surface area contributed by atoms with Crippen LogP contribution < -0.4 is 5.32 Å². The number of nitrogens with zero attached hydrogens (tertiary/aromatic N) is 1. The van der Waals surface area contributed by atoms with E-state index in [2.05, 4.69) is 5.32 Å². The lowest BCUT2D eigenvalue weighted by molar-refractivity contribution is -0.133. The summed E-state index contributed by atoms with van der Waals surface area (Å²) in [6, 6.07) is 0.292. The number of carbonyl (C=O) groups excluding carboxylic acids is 1. The molecule has 0 aliphatic carbocycles. The average molecular weight is 240 g/mol. The highest BCUT2D eigenvalue weighted by Crippen LogP contribution is 2.11. The molecule has 0 aromatic carbocycles. The first-order valence-electron chi connectivity index (χ1n) is 6.90. The Morgan fingerprint density at radius 3 is 2.59 bits per heavy atom. The van der Waals surface area contributed by atoms with E-state index in [1.54, 1.807) is 0 Å². The Labute approximate surface area is 104 Å². The van der Waals surface area contributed by atoms with Gasteiger partial charge in [-0.2, -0.15) is 0 Å². The van der Waals surface area contributed by atoms with Gasteiger partial charge in [-0.1, -0.05) is 12.8 Å². The molecule has 4 heteroatoms. The van der Waals surface area contributed by atoms with Crippen LogP contribution in [0, 0.1) is 0 Å². The van der Waals surface area contributed by atoms with Crippen molar-refractivity contribution < 1.29 is 9.53 Å². The van der Waals surface area contributed by atoms with E-state index in [0.717, 1.165) is 45.6 Å². The van der Waals surface area contributed by atoms with Crippen molar-refractivity contribution in [1.29, 1.82) is 0 Å². The third-order valence-corrected chi connectivity index (χ3v) is 3.70. The lowest BCUT2D eigenvalue weighted by Crippen LogP contribution is -2.48. The molecular formula is C13H24N2O2. The summed E-state index contributed by atoms with van der Waals surface area (Å²) in [6.45, 7) is 5.42. The Morgan fingerprint density at radius 1 is 1.29 bits per heavy atom. The molecule has 2 fully saturated rings. The van der Waals surface area contributed by atoms with Crippen LogP contribution in [0.25, 0.3) is 0 Å². The maximum absolute atomic E-state index is 12.3. The van der Waals surface area contributed by atoms with Crippen molar-refractivity contribution in [2.24, 2.45) is 0 Å². The molecule has 1 amide bonds. The number of carbonyl (C=O) groups is 1. The van der Waals surface area contributed by atoms with Crippen molar-refractivity contribution in [3.8, 4) is 0 Å². The summed E-state index contributed by atoms with van der Waals surface area (Å²) < 4.78 is 5.32. The number of hydrogen-bond acceptors (Lipinski definition) is 3. The molecule has 2 aliphatic rings. The fourth-order valence-corrected chi connectivity index (χ4v) is 2.66. The van der Waals surface area contributed by atoms with E-state index in [1.807, 2.05) is 11.8 Å². The largest absolute Gasteiger partial charge is 0.380 e. The normalized spacial score (nSPS) is 27.8. The highest BCUT2D eigenvalue weighted by Gasteiger charge is 2.25. The quantitative estimate of drug-likeness (QED) is 0.805. The molecule has 2 aliphatic heterocycles. The lowest BCUT2D eigenvalue weighted by Gasteiger charge is -2.26. The van der Waals surface area contributed by atoms with Crippen molar-refractivity contribution in [3.63, 3.8) is 0 Å². The van der Waals surface area contributed by atoms with Crippen LogP contribution in [0.1, 0.15) is 39.0 Å². The zero-order valence-corrected chi connectivity index (χ0v) is 10.8. The van der Waals surface area contributed by atoms with Crippen LogP contribution >= 0.6 is 0 Å². The molecule has 2 rings (SSSR count). The molecule has 4 nitrogen and oxygen atoms in total. The van der Waals surface area contributed by atoms with Crippen molar-refractivity contribution in [2.75, 3.05) is 26.3 Å². The summed E-state index contributed by atoms with van der Waals surface area (Å²) in [5.41, 5.74) is 0. The first-order valence-corrected chi connectivity index (χ1v) is 6.90. The molecule has 17 heavy (non-hydrogen) atoms. The van der Waals surface area contributed by atoms with Gasteiger partial charge in [0.1, 0.15) is 0 Å². The van der Waals surface area contributed by atoms with Crippen LogP contribution in [-0.2, 0) is 9.53 Å². The molecule has 98 valence electrons. The fourth-order valence-electron chi connectivity index (χ4n) is 2.66. The minimum Gasteiger partial charge on any atom is -0.380 e. The van der Waals surface area contributed by atoms with Gasteiger partial charge in [0.15, 0.2) is 0 Å². The molecule has 0 saturated carbocycles. The number of rotatable bonds is 3. The second kappa shape index (κ2) is 6.36. The third kappa shape index (κ3) is 3.68. The first kappa shape index (κ1) is 12.8. The predicted octanol–water partition coefficient (Wildman–Crippen LogP) is 1.16. The number of likely N-dealkylation sites (tertiary alicyclic amines) is 1. The summed E-state index contributed by atoms with van der Waals surface area (Å²) in [5, 5.41) is 3.38. The van der Waals surface area contributed by atoms with Gasteiger partial charge in [-0.25, -0.2) is 0 Å². The molecule has 2 unspecified atom stereocenters. The molecule has 0 bridgehead atoms. The molecule has 0 radical (unpaired) electrons. The molecule has 0 spiro atoms. The lowest BCUT2D eigenvalue weighted by atomic mass is 10.2. The minimum absolute atomic E-state index is 0.0696. The van der Waals surface area contributed by atoms with Crippen LogP contribution in [0.5, 0.6) is 0 Å². The van der Waals surface area contributed by atoms with Crippen molar-refractivity contribution in [1.82, 2.24) is 10.2 Å². The number of nitrogens with one attached hydrogen (secondary N) is 1. The van der Waals surface area contributed by atoms with Crippen LogP contribution in [0.2, 0.25) is 0 Å². The van der Waals surface area contributed by atoms with Crippen LogP contribution in [0.4, 0.5) is 0 Å². The van der Waals surface area contributed by atoms with E-state index in [4.69, 9.17) is 4.74 Å². The number of hydrogen-bond donors (Lipinski definition) is 1. The van der Waals surface area contributed by atoms with Gasteiger partial charge in [-0.15, -0.1) is 0 Å². The van der Waals surface area contributed by atoms with Gasteiger partial charge in [0, 0.05) is 25.7 Å². The Kier molecular flexibility index (Phi) is 4.80. The Balaban J connectivity index is 1.80. The maximum Gasteiger partial charge on any atom is 0.239 e. The van der Waals surface area contributed by atoms with Gasteiger partial charge in [-0.3, -0.25) is 4.79 Å². The second-order valence-electron chi connectivity index (χ2n) is 5.19. The van der Waals surface area contributed by atoms with Gasteiger partial charge < -0.3 is 15.0 Å². The molecule has 2 atom stereocenters. The minimum atomic E-state index is -0.0696. The highest BCUT2D eigenvalue weighted by atomic mass is 16.5. The molecule has 2 heterocycles. The Hall–Kier alpha value is -0.610. The third-order valence-electron chi connectivity index (χ3n) is 3.70. The number of amides is 1. The Bertz CT molecular complexity index is 244. The van der Waals surface area contributed by atoms with E-state index < -0.39 is 0 Å². The molecule has 0 aromatic heterocycles. The van der Waals surface area contributed by atoms with E-state index in [9.17, 15) is 4.79 Å². The van der Waals surface area contributed by atoms with E-state index in [1.165, 1.54) is 12.8 Å². The number of ether oxygens (including phenoxy) is 1. The maximum atomic E-state index is 12.3. The van der Waals surface area contributed by atoms with Crippen LogP contribution in [0.15, 0.2) is 0 Å². The summed E-state index contributed by atoms with van der Waals surface area (Å²) in [6.07, 6.45) is 5.87. The average Bonchev–Trinajstić information content (AvgIpc) is 2.68. The molecule has 0 aromatic rings. The topological polar surface area (TPSA) is 41.6 Å². The predicted molar refractivity (Wildman–Crippen MR) is 66.9 cm³/mol. The monoisotopic (exact) mass is 240 g/mol. The summed E-state index contributed by atoms with van der Waals surface area (Å²) in [5.74, 6) is 0.263. The van der Waals surface area contributed by atoms with Crippen molar-refractivity contribution in [2.45, 2.75) is 51.1 Å². The van der Waals surface area contributed by atoms with Crippen molar-refractivity contribution in [3.05, 3.63) is 0 Å². The van der Waals surface area contributed by atoms with Crippen LogP contribution in [0.3, 0.4) is 0 Å². The van der Waals surface area contributed by atoms with Gasteiger partial charge in [0.05, 0.1) is 12.6 Å². The first-order chi connectivity index (χ1) is 8.27. The second-order valence-corrected chi connectivity index (χ2v) is 5.19.